The van der Waals surface area contributed by atoms with E-state index in [0.29, 0.717) is 23.3 Å². The van der Waals surface area contributed by atoms with Crippen LogP contribution < -0.4 is 5.73 Å². The lowest BCUT2D eigenvalue weighted by Crippen LogP contribution is -1.95. The maximum Gasteiger partial charge on any atom is 0.231 e. The van der Waals surface area contributed by atoms with Crippen molar-refractivity contribution in [3.63, 3.8) is 0 Å². The Labute approximate surface area is 113 Å². The Hall–Kier alpha value is -1.84. The van der Waals surface area contributed by atoms with E-state index in [-0.39, 0.29) is 10.8 Å². The van der Waals surface area contributed by atoms with E-state index in [4.69, 9.17) is 10.3 Å². The summed E-state index contributed by atoms with van der Waals surface area (Å²) in [4.78, 5) is 4.54. The number of benzene rings is 1. The molecule has 0 atom stereocenters. The molecule has 4 nitrogen and oxygen atoms in total. The van der Waals surface area contributed by atoms with Crippen LogP contribution in [0, 0.1) is 10.8 Å². The van der Waals surface area contributed by atoms with Crippen molar-refractivity contribution < 1.29 is 4.52 Å². The molecule has 1 fully saturated rings. The van der Waals surface area contributed by atoms with E-state index >= 15 is 0 Å². The zero-order chi connectivity index (χ0) is 13.8. The molecule has 0 bridgehead atoms. The summed E-state index contributed by atoms with van der Waals surface area (Å²) in [5.74, 6) is 1.60. The quantitative estimate of drug-likeness (QED) is 0.837. The zero-order valence-electron chi connectivity index (χ0n) is 11.8. The van der Waals surface area contributed by atoms with Crippen molar-refractivity contribution in [2.24, 2.45) is 10.8 Å². The molecule has 1 heterocycles. The van der Waals surface area contributed by atoms with Gasteiger partial charge in [-0.15, -0.1) is 0 Å². The lowest BCUT2D eigenvalue weighted by molar-refractivity contribution is 0.366. The lowest BCUT2D eigenvalue weighted by atomic mass is 10.0. The third kappa shape index (κ3) is 1.59. The van der Waals surface area contributed by atoms with Crippen LogP contribution in [0.3, 0.4) is 0 Å². The summed E-state index contributed by atoms with van der Waals surface area (Å²) in [5, 5.41) is 4.07. The van der Waals surface area contributed by atoms with Gasteiger partial charge in [-0.25, -0.2) is 0 Å². The normalized spacial score (nSPS) is 20.4. The molecule has 1 aromatic heterocycles. The molecular formula is C15H19N3O. The molecule has 0 aliphatic heterocycles. The van der Waals surface area contributed by atoms with E-state index in [0.717, 1.165) is 5.56 Å². The number of aromatic nitrogens is 2. The first-order valence-corrected chi connectivity index (χ1v) is 6.54. The average molecular weight is 257 g/mol. The Kier molecular flexibility index (Phi) is 2.31. The van der Waals surface area contributed by atoms with Crippen molar-refractivity contribution in [1.29, 1.82) is 0 Å². The van der Waals surface area contributed by atoms with E-state index < -0.39 is 0 Å². The van der Waals surface area contributed by atoms with E-state index in [1.807, 2.05) is 24.3 Å². The summed E-state index contributed by atoms with van der Waals surface area (Å²) >= 11 is 0. The van der Waals surface area contributed by atoms with E-state index in [9.17, 15) is 0 Å². The monoisotopic (exact) mass is 257 g/mol. The lowest BCUT2D eigenvalue weighted by Gasteiger charge is -2.03. The highest BCUT2D eigenvalue weighted by molar-refractivity contribution is 5.70. The Bertz CT molecular complexity index is 614. The largest absolute Gasteiger partial charge is 0.398 e. The fraction of sp³-hybridized carbons (Fsp3) is 0.467. The zero-order valence-corrected chi connectivity index (χ0v) is 11.8. The van der Waals surface area contributed by atoms with Gasteiger partial charge < -0.3 is 10.3 Å². The van der Waals surface area contributed by atoms with Gasteiger partial charge in [0.05, 0.1) is 0 Å². The number of nitrogens with zero attached hydrogens (tertiary/aromatic N) is 2. The van der Waals surface area contributed by atoms with Crippen LogP contribution in [0.25, 0.3) is 11.4 Å². The highest BCUT2D eigenvalue weighted by Gasteiger charge is 2.67. The molecule has 2 aromatic rings. The van der Waals surface area contributed by atoms with Gasteiger partial charge in [0.25, 0.3) is 0 Å². The van der Waals surface area contributed by atoms with Gasteiger partial charge in [0, 0.05) is 17.2 Å². The van der Waals surface area contributed by atoms with Crippen molar-refractivity contribution in [2.45, 2.75) is 33.6 Å². The van der Waals surface area contributed by atoms with Crippen LogP contribution in [-0.4, -0.2) is 10.1 Å². The molecule has 0 spiro atoms. The Morgan fingerprint density at radius 2 is 1.74 bits per heavy atom. The molecule has 0 saturated heterocycles. The van der Waals surface area contributed by atoms with Crippen molar-refractivity contribution in [2.75, 3.05) is 5.73 Å². The van der Waals surface area contributed by atoms with Gasteiger partial charge in [-0.05, 0) is 23.0 Å². The molecular weight excluding hydrogens is 238 g/mol. The van der Waals surface area contributed by atoms with E-state index in [2.05, 4.69) is 37.8 Å². The minimum atomic E-state index is 0.193. The molecule has 4 heteroatoms. The predicted molar refractivity (Wildman–Crippen MR) is 74.4 cm³/mol. The second-order valence-electron chi connectivity index (χ2n) is 6.42. The standard InChI is InChI=1S/C15H19N3O/c1-14(2)11(15(14,3)4)13-17-12(18-19-13)9-7-5-6-8-10(9)16/h5-8,11H,16H2,1-4H3. The van der Waals surface area contributed by atoms with Crippen molar-refractivity contribution in [3.8, 4) is 11.4 Å². The number of hydrogen-bond acceptors (Lipinski definition) is 4. The molecule has 1 saturated carbocycles. The maximum absolute atomic E-state index is 5.94. The van der Waals surface area contributed by atoms with Crippen molar-refractivity contribution >= 4 is 5.69 Å². The highest BCUT2D eigenvalue weighted by atomic mass is 16.5. The SMILES string of the molecule is CC1(C)C(c2nc(-c3ccccc3N)no2)C1(C)C. The number of rotatable bonds is 2. The molecule has 100 valence electrons. The first-order valence-electron chi connectivity index (χ1n) is 6.54. The average Bonchev–Trinajstić information content (AvgIpc) is 2.70. The number of nitrogens with two attached hydrogens (primary N) is 1. The maximum atomic E-state index is 5.94. The Morgan fingerprint density at radius 1 is 1.11 bits per heavy atom. The minimum Gasteiger partial charge on any atom is -0.398 e. The highest BCUT2D eigenvalue weighted by Crippen LogP contribution is 2.73. The molecule has 1 aliphatic rings. The smallest absolute Gasteiger partial charge is 0.231 e. The number of anilines is 1. The van der Waals surface area contributed by atoms with Crippen LogP contribution in [0.1, 0.15) is 39.5 Å². The summed E-state index contributed by atoms with van der Waals surface area (Å²) in [6, 6.07) is 7.57. The summed E-state index contributed by atoms with van der Waals surface area (Å²) in [6.07, 6.45) is 0. The fourth-order valence-electron chi connectivity index (χ4n) is 2.98. The molecule has 3 rings (SSSR count). The Morgan fingerprint density at radius 3 is 2.32 bits per heavy atom. The summed E-state index contributed by atoms with van der Waals surface area (Å²) in [6.45, 7) is 8.94. The van der Waals surface area contributed by atoms with Crippen LogP contribution in [0.2, 0.25) is 0 Å². The van der Waals surface area contributed by atoms with Gasteiger partial charge in [0.15, 0.2) is 0 Å². The third-order valence-electron chi connectivity index (χ3n) is 4.91. The van der Waals surface area contributed by atoms with E-state index in [1.165, 1.54) is 0 Å². The molecule has 1 aliphatic carbocycles. The predicted octanol–water partition coefficient (Wildman–Crippen LogP) is 3.47. The summed E-state index contributed by atoms with van der Waals surface area (Å²) in [7, 11) is 0. The second kappa shape index (κ2) is 3.59. The van der Waals surface area contributed by atoms with Gasteiger partial charge in [0.2, 0.25) is 11.7 Å². The Balaban J connectivity index is 1.96. The van der Waals surface area contributed by atoms with Crippen molar-refractivity contribution in [3.05, 3.63) is 30.2 Å². The molecule has 0 amide bonds. The van der Waals surface area contributed by atoms with Gasteiger partial charge in [-0.2, -0.15) is 4.98 Å². The molecule has 2 N–H and O–H groups in total. The minimum absolute atomic E-state index is 0.193. The van der Waals surface area contributed by atoms with Gasteiger partial charge in [-0.3, -0.25) is 0 Å². The van der Waals surface area contributed by atoms with Gasteiger partial charge in [-0.1, -0.05) is 45.0 Å². The second-order valence-corrected chi connectivity index (χ2v) is 6.42. The van der Waals surface area contributed by atoms with Crippen LogP contribution in [0.15, 0.2) is 28.8 Å². The topological polar surface area (TPSA) is 64.9 Å². The molecule has 1 aromatic carbocycles. The van der Waals surface area contributed by atoms with Crippen LogP contribution in [-0.2, 0) is 0 Å². The van der Waals surface area contributed by atoms with Crippen LogP contribution in [0.5, 0.6) is 0 Å². The fourth-order valence-corrected chi connectivity index (χ4v) is 2.98. The van der Waals surface area contributed by atoms with Gasteiger partial charge >= 0.3 is 0 Å². The molecule has 0 unspecified atom stereocenters. The van der Waals surface area contributed by atoms with Crippen LogP contribution in [0.4, 0.5) is 5.69 Å². The van der Waals surface area contributed by atoms with Gasteiger partial charge in [0.1, 0.15) is 0 Å². The van der Waals surface area contributed by atoms with E-state index in [1.54, 1.807) is 0 Å². The molecule has 0 radical (unpaired) electrons. The third-order valence-corrected chi connectivity index (χ3v) is 4.91. The number of nitrogen functional groups attached to an aromatic ring is 1. The first kappa shape index (κ1) is 12.2. The summed E-state index contributed by atoms with van der Waals surface area (Å²) < 4.78 is 5.45. The van der Waals surface area contributed by atoms with Crippen LogP contribution >= 0.6 is 0 Å². The molecule has 19 heavy (non-hydrogen) atoms. The summed E-state index contributed by atoms with van der Waals surface area (Å²) in [5.41, 5.74) is 7.82. The first-order chi connectivity index (χ1) is 8.85. The number of para-hydroxylation sites is 1. The number of hydrogen-bond donors (Lipinski definition) is 1. The van der Waals surface area contributed by atoms with Crippen molar-refractivity contribution in [1.82, 2.24) is 10.1 Å².